The summed E-state index contributed by atoms with van der Waals surface area (Å²) in [6.45, 7) is -0.726. The van der Waals surface area contributed by atoms with Crippen molar-refractivity contribution in [3.05, 3.63) is 45.9 Å². The van der Waals surface area contributed by atoms with Gasteiger partial charge in [-0.1, -0.05) is 41.4 Å². The topological polar surface area (TPSA) is 228 Å². The fraction of sp³-hybridized carbons (Fsp3) is 0.292. The lowest BCUT2D eigenvalue weighted by atomic mass is 10.1. The zero-order chi connectivity index (χ0) is 30.0. The maximum atomic E-state index is 12.6. The molecule has 0 spiro atoms. The first-order valence-corrected chi connectivity index (χ1v) is 13.2. The molecule has 216 valence electrons. The monoisotopic (exact) mass is 616 g/mol. The summed E-state index contributed by atoms with van der Waals surface area (Å²) in [5, 5.41) is 44.9. The molecule has 0 saturated carbocycles. The summed E-state index contributed by atoms with van der Waals surface area (Å²) in [6.07, 6.45) is -0.820. The number of rotatable bonds is 15. The van der Waals surface area contributed by atoms with E-state index in [9.17, 15) is 34.2 Å². The molecule has 0 radical (unpaired) electrons. The summed E-state index contributed by atoms with van der Waals surface area (Å²) in [7, 11) is 0. The largest absolute Gasteiger partial charge is 0.507 e. The Bertz CT molecular complexity index is 1300. The van der Waals surface area contributed by atoms with Crippen LogP contribution in [0, 0.1) is 0 Å². The molecule has 2 aromatic carbocycles. The molecule has 2 amide bonds. The van der Waals surface area contributed by atoms with Gasteiger partial charge in [-0.3, -0.25) is 24.0 Å². The van der Waals surface area contributed by atoms with Crippen molar-refractivity contribution in [3.63, 3.8) is 0 Å². The van der Waals surface area contributed by atoms with E-state index in [1.807, 2.05) is 0 Å². The van der Waals surface area contributed by atoms with Crippen LogP contribution >= 0.6 is 35.0 Å². The number of carbonyl (C=O) groups excluding carboxylic acids is 2. The lowest BCUT2D eigenvalue weighted by Gasteiger charge is -2.20. The van der Waals surface area contributed by atoms with Crippen molar-refractivity contribution in [2.24, 2.45) is 5.73 Å². The number of thioether (sulfide) groups is 1. The molecule has 13 nitrogen and oxygen atoms in total. The summed E-state index contributed by atoms with van der Waals surface area (Å²) in [6, 6.07) is 5.11. The van der Waals surface area contributed by atoms with E-state index in [-0.39, 0.29) is 51.4 Å². The van der Waals surface area contributed by atoms with Gasteiger partial charge in [0.05, 0.1) is 27.0 Å². The average Bonchev–Trinajstić information content (AvgIpc) is 2.87. The van der Waals surface area contributed by atoms with Gasteiger partial charge in [0, 0.05) is 23.9 Å². The van der Waals surface area contributed by atoms with Crippen molar-refractivity contribution >= 4 is 76.1 Å². The number of nitrogens with one attached hydrogen (secondary N) is 3. The number of para-hydroxylation sites is 1. The van der Waals surface area contributed by atoms with E-state index < -0.39 is 48.4 Å². The quantitative estimate of drug-likeness (QED) is 0.106. The highest BCUT2D eigenvalue weighted by Gasteiger charge is 2.25. The predicted octanol–water partition coefficient (Wildman–Crippen LogP) is 2.04. The van der Waals surface area contributed by atoms with Gasteiger partial charge in [-0.2, -0.15) is 0 Å². The maximum Gasteiger partial charge on any atom is 0.322 e. The molecular weight excluding hydrogens is 591 g/mol. The second-order valence-electron chi connectivity index (χ2n) is 8.27. The lowest BCUT2D eigenvalue weighted by Crippen LogP contribution is -2.49. The number of carboxylic acids is 3. The van der Waals surface area contributed by atoms with Crippen LogP contribution in [-0.4, -0.2) is 74.5 Å². The first-order valence-electron chi connectivity index (χ1n) is 11.5. The van der Waals surface area contributed by atoms with Crippen LogP contribution in [-0.2, 0) is 30.4 Å². The number of nitrogens with two attached hydrogens (primary N) is 1. The van der Waals surface area contributed by atoms with Crippen molar-refractivity contribution in [1.82, 2.24) is 10.6 Å². The Morgan fingerprint density at radius 2 is 1.70 bits per heavy atom. The molecule has 0 aliphatic heterocycles. The second-order valence-corrected chi connectivity index (χ2v) is 10.1. The van der Waals surface area contributed by atoms with Gasteiger partial charge >= 0.3 is 17.9 Å². The van der Waals surface area contributed by atoms with Gasteiger partial charge in [0.2, 0.25) is 11.8 Å². The number of halogens is 2. The van der Waals surface area contributed by atoms with E-state index in [1.165, 1.54) is 6.07 Å². The Balaban J connectivity index is 2.28. The predicted molar refractivity (Wildman–Crippen MR) is 147 cm³/mol. The molecule has 0 bridgehead atoms. The number of carbonyl (C=O) groups is 5. The summed E-state index contributed by atoms with van der Waals surface area (Å²) < 4.78 is 0. The van der Waals surface area contributed by atoms with Crippen molar-refractivity contribution in [1.29, 1.82) is 0 Å². The number of aliphatic carboxylic acids is 3. The van der Waals surface area contributed by atoms with E-state index in [1.54, 1.807) is 24.3 Å². The summed E-state index contributed by atoms with van der Waals surface area (Å²) in [5.41, 5.74) is 6.37. The number of hydrogen-bond donors (Lipinski definition) is 8. The molecule has 0 aliphatic carbocycles. The third-order valence-corrected chi connectivity index (χ3v) is 7.22. The van der Waals surface area contributed by atoms with Crippen molar-refractivity contribution < 1.29 is 44.4 Å². The second kappa shape index (κ2) is 15.2. The fourth-order valence-electron chi connectivity index (χ4n) is 3.25. The molecule has 2 rings (SSSR count). The van der Waals surface area contributed by atoms with Crippen LogP contribution in [0.4, 0.5) is 11.4 Å². The lowest BCUT2D eigenvalue weighted by molar-refractivity contribution is -0.139. The van der Waals surface area contributed by atoms with Crippen molar-refractivity contribution in [2.75, 3.05) is 17.6 Å². The first kappa shape index (κ1) is 32.5. The van der Waals surface area contributed by atoms with E-state index in [0.29, 0.717) is 11.3 Å². The van der Waals surface area contributed by atoms with Gasteiger partial charge in [-0.15, -0.1) is 11.8 Å². The van der Waals surface area contributed by atoms with Crippen LogP contribution in [0.25, 0.3) is 0 Å². The number of carboxylic acid groups (broad SMARTS) is 3. The molecule has 9 N–H and O–H groups in total. The standard InChI is InChI=1S/C24H26Cl2N4O9S/c25-12-8-16(31)22(20(26)21(12)30-14-4-2-1-3-11(14)7-18(33)34)40-10-15(23(37)28-9-19(35)36)29-17(32)6-5-13(27)24(38)39/h1-4,8,13,15,30-31H,5-7,9-10,27H2,(H,28,37)(H,29,32)(H,33,34)(H,35,36)(H,38,39). The highest BCUT2D eigenvalue weighted by Crippen LogP contribution is 2.45. The minimum absolute atomic E-state index is 0.0100. The molecule has 40 heavy (non-hydrogen) atoms. The number of amides is 2. The molecule has 0 fully saturated rings. The van der Waals surface area contributed by atoms with E-state index >= 15 is 0 Å². The van der Waals surface area contributed by atoms with Crippen molar-refractivity contribution in [3.8, 4) is 5.75 Å². The van der Waals surface area contributed by atoms with Crippen molar-refractivity contribution in [2.45, 2.75) is 36.2 Å². The number of phenols is 1. The van der Waals surface area contributed by atoms with Crippen LogP contribution in [0.5, 0.6) is 5.75 Å². The normalized spacial score (nSPS) is 12.2. The molecular formula is C24H26Cl2N4O9S. The Morgan fingerprint density at radius 1 is 1.02 bits per heavy atom. The minimum atomic E-state index is -1.32. The third-order valence-electron chi connectivity index (χ3n) is 5.23. The maximum absolute atomic E-state index is 12.6. The molecule has 0 saturated heterocycles. The minimum Gasteiger partial charge on any atom is -0.507 e. The third kappa shape index (κ3) is 9.79. The fourth-order valence-corrected chi connectivity index (χ4v) is 4.95. The van der Waals surface area contributed by atoms with Gasteiger partial charge in [-0.05, 0) is 18.1 Å². The molecule has 2 unspecified atom stereocenters. The zero-order valence-corrected chi connectivity index (χ0v) is 23.0. The molecule has 2 atom stereocenters. The number of aromatic hydroxyl groups is 1. The Kier molecular flexibility index (Phi) is 12.3. The van der Waals surface area contributed by atoms with E-state index in [0.717, 1.165) is 11.8 Å². The number of phenolic OH excluding ortho intramolecular Hbond substituents is 1. The van der Waals surface area contributed by atoms with Gasteiger partial charge < -0.3 is 42.1 Å². The highest BCUT2D eigenvalue weighted by molar-refractivity contribution is 7.99. The van der Waals surface area contributed by atoms with E-state index in [4.69, 9.17) is 39.1 Å². The zero-order valence-electron chi connectivity index (χ0n) is 20.6. The first-order chi connectivity index (χ1) is 18.8. The van der Waals surface area contributed by atoms with Crippen LogP contribution in [0.2, 0.25) is 10.0 Å². The van der Waals surface area contributed by atoms with Gasteiger partial charge in [0.15, 0.2) is 0 Å². The smallest absolute Gasteiger partial charge is 0.322 e. The van der Waals surface area contributed by atoms with E-state index in [2.05, 4.69) is 16.0 Å². The summed E-state index contributed by atoms with van der Waals surface area (Å²) >= 11 is 13.7. The Labute approximate surface area is 242 Å². The number of benzene rings is 2. The van der Waals surface area contributed by atoms with Gasteiger partial charge in [0.1, 0.15) is 24.4 Å². The average molecular weight is 617 g/mol. The van der Waals surface area contributed by atoms with Crippen LogP contribution in [0.3, 0.4) is 0 Å². The molecule has 2 aromatic rings. The van der Waals surface area contributed by atoms with Crippen LogP contribution < -0.4 is 21.7 Å². The molecule has 0 heterocycles. The molecule has 0 aromatic heterocycles. The molecule has 0 aliphatic rings. The highest BCUT2D eigenvalue weighted by atomic mass is 35.5. The SMILES string of the molecule is NC(CCC(=O)NC(CSc1c(O)cc(Cl)c(Nc2ccccc2CC(=O)O)c1Cl)C(=O)NCC(=O)O)C(=O)O. The van der Waals surface area contributed by atoms with Crippen LogP contribution in [0.1, 0.15) is 18.4 Å². The van der Waals surface area contributed by atoms with Gasteiger partial charge in [-0.25, -0.2) is 0 Å². The number of hydrogen-bond acceptors (Lipinski definition) is 9. The Morgan fingerprint density at radius 3 is 2.33 bits per heavy atom. The summed E-state index contributed by atoms with van der Waals surface area (Å²) in [5.74, 6) is -5.84. The summed E-state index contributed by atoms with van der Waals surface area (Å²) in [4.78, 5) is 58.0. The number of anilines is 2. The molecule has 16 heteroatoms. The van der Waals surface area contributed by atoms with Gasteiger partial charge in [0.25, 0.3) is 0 Å². The Hall–Kier alpha value is -3.72. The van der Waals surface area contributed by atoms with Crippen LogP contribution in [0.15, 0.2) is 35.2 Å².